The van der Waals surface area contributed by atoms with Crippen molar-refractivity contribution in [1.82, 2.24) is 0 Å². The first-order valence-corrected chi connectivity index (χ1v) is 6.25. The maximum absolute atomic E-state index is 9.36. The summed E-state index contributed by atoms with van der Waals surface area (Å²) < 4.78 is 5.61. The molecule has 17 heavy (non-hydrogen) atoms. The van der Waals surface area contributed by atoms with Crippen LogP contribution < -0.4 is 4.74 Å². The second-order valence-corrected chi connectivity index (χ2v) is 4.23. The summed E-state index contributed by atoms with van der Waals surface area (Å²) in [6.45, 7) is 6.21. The van der Waals surface area contributed by atoms with E-state index in [1.54, 1.807) is 6.92 Å². The number of aliphatic hydroxyl groups is 1. The summed E-state index contributed by atoms with van der Waals surface area (Å²) in [7, 11) is 0. The highest BCUT2D eigenvalue weighted by atomic mass is 16.5. The molecule has 0 aliphatic heterocycles. The van der Waals surface area contributed by atoms with Gasteiger partial charge in [-0.25, -0.2) is 0 Å². The molecule has 0 saturated carbocycles. The molecule has 0 saturated heterocycles. The zero-order valence-corrected chi connectivity index (χ0v) is 10.6. The number of aliphatic hydroxyl groups excluding tert-OH is 1. The Kier molecular flexibility index (Phi) is 6.41. The quantitative estimate of drug-likeness (QED) is 0.546. The second kappa shape index (κ2) is 7.91. The van der Waals surface area contributed by atoms with Gasteiger partial charge in [0.25, 0.3) is 0 Å². The van der Waals surface area contributed by atoms with Gasteiger partial charge in [0.2, 0.25) is 0 Å². The number of hydrogen-bond donors (Lipinski definition) is 1. The first-order chi connectivity index (χ1) is 8.24. The standard InChI is InChI=1S/C15H22O2/c1-3-4-5-6-7-12-17-15-10-8-14(9-11-15)13(2)16/h3,8-11,13,16H,1,4-7,12H2,2H3/t13-/m1/s1. The van der Waals surface area contributed by atoms with Crippen LogP contribution in [0.15, 0.2) is 36.9 Å². The van der Waals surface area contributed by atoms with E-state index in [4.69, 9.17) is 4.74 Å². The Bertz CT molecular complexity index is 314. The van der Waals surface area contributed by atoms with Crippen molar-refractivity contribution >= 4 is 0 Å². The molecular formula is C15H22O2. The van der Waals surface area contributed by atoms with Crippen molar-refractivity contribution in [2.75, 3.05) is 6.61 Å². The first-order valence-electron chi connectivity index (χ1n) is 6.25. The van der Waals surface area contributed by atoms with Gasteiger partial charge in [-0.2, -0.15) is 0 Å². The molecule has 0 amide bonds. The van der Waals surface area contributed by atoms with Crippen molar-refractivity contribution in [3.05, 3.63) is 42.5 Å². The van der Waals surface area contributed by atoms with E-state index in [0.29, 0.717) is 0 Å². The van der Waals surface area contributed by atoms with E-state index in [1.807, 2.05) is 30.3 Å². The summed E-state index contributed by atoms with van der Waals surface area (Å²) in [5.41, 5.74) is 0.920. The van der Waals surface area contributed by atoms with E-state index in [1.165, 1.54) is 12.8 Å². The highest BCUT2D eigenvalue weighted by Gasteiger charge is 2.00. The Hall–Kier alpha value is -1.28. The molecule has 1 rings (SSSR count). The van der Waals surface area contributed by atoms with Crippen LogP contribution in [0.4, 0.5) is 0 Å². The lowest BCUT2D eigenvalue weighted by atomic mass is 10.1. The SMILES string of the molecule is C=CCCCCCOc1ccc([C@@H](C)O)cc1. The summed E-state index contributed by atoms with van der Waals surface area (Å²) >= 11 is 0. The fourth-order valence-electron chi connectivity index (χ4n) is 1.60. The van der Waals surface area contributed by atoms with E-state index in [-0.39, 0.29) is 0 Å². The molecule has 0 fully saturated rings. The molecular weight excluding hydrogens is 212 g/mol. The Morgan fingerprint density at radius 1 is 1.24 bits per heavy atom. The minimum atomic E-state index is -0.414. The van der Waals surface area contributed by atoms with E-state index in [2.05, 4.69) is 6.58 Å². The second-order valence-electron chi connectivity index (χ2n) is 4.23. The van der Waals surface area contributed by atoms with Crippen LogP contribution in [-0.2, 0) is 0 Å². The van der Waals surface area contributed by atoms with Crippen molar-refractivity contribution in [2.45, 2.75) is 38.7 Å². The van der Waals surface area contributed by atoms with Crippen LogP contribution in [0.2, 0.25) is 0 Å². The van der Waals surface area contributed by atoms with Gasteiger partial charge in [-0.3, -0.25) is 0 Å². The number of ether oxygens (including phenoxy) is 1. The number of allylic oxidation sites excluding steroid dienone is 1. The number of unbranched alkanes of at least 4 members (excludes halogenated alkanes) is 3. The lowest BCUT2D eigenvalue weighted by molar-refractivity contribution is 0.199. The lowest BCUT2D eigenvalue weighted by Crippen LogP contribution is -1.98. The molecule has 0 bridgehead atoms. The van der Waals surface area contributed by atoms with Crippen molar-refractivity contribution in [3.8, 4) is 5.75 Å². The van der Waals surface area contributed by atoms with Crippen LogP contribution in [-0.4, -0.2) is 11.7 Å². The zero-order chi connectivity index (χ0) is 12.5. The normalized spacial score (nSPS) is 12.1. The fraction of sp³-hybridized carbons (Fsp3) is 0.467. The van der Waals surface area contributed by atoms with Crippen LogP contribution in [0.3, 0.4) is 0 Å². The topological polar surface area (TPSA) is 29.5 Å². The number of hydrogen-bond acceptors (Lipinski definition) is 2. The average Bonchev–Trinajstić information content (AvgIpc) is 2.34. The molecule has 1 aromatic carbocycles. The molecule has 0 heterocycles. The van der Waals surface area contributed by atoms with Crippen molar-refractivity contribution in [1.29, 1.82) is 0 Å². The molecule has 0 aliphatic rings. The molecule has 0 radical (unpaired) electrons. The van der Waals surface area contributed by atoms with Crippen molar-refractivity contribution in [2.24, 2.45) is 0 Å². The third-order valence-corrected chi connectivity index (χ3v) is 2.68. The van der Waals surface area contributed by atoms with Gasteiger partial charge in [-0.1, -0.05) is 18.2 Å². The zero-order valence-electron chi connectivity index (χ0n) is 10.6. The fourth-order valence-corrected chi connectivity index (χ4v) is 1.60. The Labute approximate surface area is 104 Å². The first kappa shape index (κ1) is 13.8. The smallest absolute Gasteiger partial charge is 0.119 e. The molecule has 0 unspecified atom stereocenters. The number of rotatable bonds is 8. The Balaban J connectivity index is 2.21. The van der Waals surface area contributed by atoms with Gasteiger partial charge in [0.1, 0.15) is 5.75 Å². The molecule has 0 aliphatic carbocycles. The predicted molar refractivity (Wildman–Crippen MR) is 71.2 cm³/mol. The molecule has 0 aromatic heterocycles. The highest BCUT2D eigenvalue weighted by Crippen LogP contribution is 2.17. The maximum Gasteiger partial charge on any atom is 0.119 e. The van der Waals surface area contributed by atoms with Crippen LogP contribution >= 0.6 is 0 Å². The molecule has 94 valence electrons. The van der Waals surface area contributed by atoms with Crippen LogP contribution in [0.25, 0.3) is 0 Å². The van der Waals surface area contributed by atoms with Gasteiger partial charge >= 0.3 is 0 Å². The number of benzene rings is 1. The Morgan fingerprint density at radius 2 is 1.94 bits per heavy atom. The van der Waals surface area contributed by atoms with E-state index in [0.717, 1.165) is 30.8 Å². The minimum absolute atomic E-state index is 0.414. The molecule has 1 atom stereocenters. The summed E-state index contributed by atoms with van der Waals surface area (Å²) in [4.78, 5) is 0. The maximum atomic E-state index is 9.36. The van der Waals surface area contributed by atoms with Crippen molar-refractivity contribution < 1.29 is 9.84 Å². The van der Waals surface area contributed by atoms with Gasteiger partial charge in [0.05, 0.1) is 12.7 Å². The summed E-state index contributed by atoms with van der Waals surface area (Å²) in [5.74, 6) is 0.873. The van der Waals surface area contributed by atoms with Crippen LogP contribution in [0.1, 0.15) is 44.3 Å². The Morgan fingerprint density at radius 3 is 2.53 bits per heavy atom. The van der Waals surface area contributed by atoms with E-state index >= 15 is 0 Å². The largest absolute Gasteiger partial charge is 0.494 e. The lowest BCUT2D eigenvalue weighted by Gasteiger charge is -2.08. The van der Waals surface area contributed by atoms with E-state index < -0.39 is 6.10 Å². The molecule has 1 aromatic rings. The predicted octanol–water partition coefficient (Wildman–Crippen LogP) is 3.87. The van der Waals surface area contributed by atoms with Gasteiger partial charge in [-0.15, -0.1) is 6.58 Å². The monoisotopic (exact) mass is 234 g/mol. The highest BCUT2D eigenvalue weighted by molar-refractivity contribution is 5.28. The summed E-state index contributed by atoms with van der Waals surface area (Å²) in [6.07, 6.45) is 6.07. The van der Waals surface area contributed by atoms with Gasteiger partial charge in [0.15, 0.2) is 0 Å². The minimum Gasteiger partial charge on any atom is -0.494 e. The summed E-state index contributed by atoms with van der Waals surface area (Å²) in [6, 6.07) is 7.62. The van der Waals surface area contributed by atoms with Gasteiger partial charge in [0, 0.05) is 0 Å². The van der Waals surface area contributed by atoms with E-state index in [9.17, 15) is 5.11 Å². The van der Waals surface area contributed by atoms with Gasteiger partial charge in [-0.05, 0) is 50.3 Å². The molecule has 2 nitrogen and oxygen atoms in total. The van der Waals surface area contributed by atoms with Gasteiger partial charge < -0.3 is 9.84 Å². The van der Waals surface area contributed by atoms with Crippen LogP contribution in [0, 0.1) is 0 Å². The molecule has 0 spiro atoms. The average molecular weight is 234 g/mol. The third kappa shape index (κ3) is 5.55. The van der Waals surface area contributed by atoms with Crippen LogP contribution in [0.5, 0.6) is 5.75 Å². The van der Waals surface area contributed by atoms with Crippen molar-refractivity contribution in [3.63, 3.8) is 0 Å². The third-order valence-electron chi connectivity index (χ3n) is 2.68. The molecule has 1 N–H and O–H groups in total. The molecule has 2 heteroatoms. The summed E-state index contributed by atoms with van der Waals surface area (Å²) in [5, 5.41) is 9.36.